The van der Waals surface area contributed by atoms with Gasteiger partial charge in [-0.2, -0.15) is 0 Å². The fourth-order valence-electron chi connectivity index (χ4n) is 4.39. The largest absolute Gasteiger partial charge is 0.437 e. The summed E-state index contributed by atoms with van der Waals surface area (Å²) in [5.74, 6) is 0. The van der Waals surface area contributed by atoms with Crippen LogP contribution in [0, 0.1) is 20.8 Å². The molecule has 0 saturated heterocycles. The SMILES string of the molecule is Cc1ccc2c(n1)oc1c(-c3cc4cc(-c5c(C)cccc5C)sc4cn3)cccc12. The molecule has 0 aliphatic carbocycles. The third kappa shape index (κ3) is 2.87. The van der Waals surface area contributed by atoms with E-state index in [0.29, 0.717) is 5.71 Å². The second kappa shape index (κ2) is 6.76. The lowest BCUT2D eigenvalue weighted by Gasteiger charge is -2.06. The molecule has 0 fully saturated rings. The summed E-state index contributed by atoms with van der Waals surface area (Å²) in [7, 11) is 0. The van der Waals surface area contributed by atoms with E-state index in [1.807, 2.05) is 19.2 Å². The predicted molar refractivity (Wildman–Crippen MR) is 130 cm³/mol. The van der Waals surface area contributed by atoms with Gasteiger partial charge in [-0.1, -0.05) is 30.3 Å². The van der Waals surface area contributed by atoms with E-state index in [2.05, 4.69) is 73.4 Å². The molecule has 0 aliphatic heterocycles. The summed E-state index contributed by atoms with van der Waals surface area (Å²) >= 11 is 1.80. The van der Waals surface area contributed by atoms with Crippen molar-refractivity contribution in [1.29, 1.82) is 0 Å². The Bertz CT molecular complexity index is 1600. The van der Waals surface area contributed by atoms with Crippen LogP contribution in [0.1, 0.15) is 16.8 Å². The van der Waals surface area contributed by atoms with Crippen molar-refractivity contribution >= 4 is 43.5 Å². The smallest absolute Gasteiger partial charge is 0.227 e. The Morgan fingerprint density at radius 1 is 0.839 bits per heavy atom. The first-order valence-corrected chi connectivity index (χ1v) is 11.2. The highest BCUT2D eigenvalue weighted by Crippen LogP contribution is 2.39. The maximum Gasteiger partial charge on any atom is 0.227 e. The first-order chi connectivity index (χ1) is 15.1. The van der Waals surface area contributed by atoms with Crippen molar-refractivity contribution < 1.29 is 4.42 Å². The summed E-state index contributed by atoms with van der Waals surface area (Å²) in [4.78, 5) is 10.6. The topological polar surface area (TPSA) is 38.9 Å². The zero-order chi connectivity index (χ0) is 21.1. The van der Waals surface area contributed by atoms with Crippen LogP contribution in [-0.2, 0) is 0 Å². The highest BCUT2D eigenvalue weighted by atomic mass is 32.1. The van der Waals surface area contributed by atoms with Gasteiger partial charge in [0.2, 0.25) is 5.71 Å². The number of hydrogen-bond donors (Lipinski definition) is 0. The summed E-state index contributed by atoms with van der Waals surface area (Å²) in [6.45, 7) is 6.33. The zero-order valence-corrected chi connectivity index (χ0v) is 18.4. The number of hydrogen-bond acceptors (Lipinski definition) is 4. The molecule has 6 aromatic rings. The minimum absolute atomic E-state index is 0.677. The fraction of sp³-hybridized carbons (Fsp3) is 0.111. The second-order valence-corrected chi connectivity index (χ2v) is 9.16. The molecule has 0 saturated carbocycles. The van der Waals surface area contributed by atoms with E-state index in [0.717, 1.165) is 33.3 Å². The normalized spacial score (nSPS) is 11.7. The molecule has 0 atom stereocenters. The van der Waals surface area contributed by atoms with Crippen molar-refractivity contribution in [1.82, 2.24) is 9.97 Å². The lowest BCUT2D eigenvalue weighted by Crippen LogP contribution is -1.84. The summed E-state index contributed by atoms with van der Waals surface area (Å²) < 4.78 is 7.38. The second-order valence-electron chi connectivity index (χ2n) is 8.07. The number of nitrogens with zero attached hydrogens (tertiary/aromatic N) is 2. The van der Waals surface area contributed by atoms with Crippen LogP contribution in [-0.4, -0.2) is 9.97 Å². The van der Waals surface area contributed by atoms with E-state index in [-0.39, 0.29) is 0 Å². The third-order valence-corrected chi connectivity index (χ3v) is 7.01. The molecule has 0 bridgehead atoms. The average molecular weight is 421 g/mol. The van der Waals surface area contributed by atoms with Crippen LogP contribution in [0.15, 0.2) is 71.3 Å². The van der Waals surface area contributed by atoms with Crippen molar-refractivity contribution in [3.05, 3.63) is 83.7 Å². The number of pyridine rings is 2. The van der Waals surface area contributed by atoms with Gasteiger partial charge in [0.1, 0.15) is 5.58 Å². The number of furan rings is 1. The molecule has 4 heterocycles. The van der Waals surface area contributed by atoms with Gasteiger partial charge in [-0.3, -0.25) is 4.98 Å². The first-order valence-electron chi connectivity index (χ1n) is 10.3. The molecule has 0 amide bonds. The number of para-hydroxylation sites is 1. The Balaban J connectivity index is 1.54. The summed E-state index contributed by atoms with van der Waals surface area (Å²) in [6, 6.07) is 21.2. The standard InChI is InChI=1S/C27H20N2OS/c1-15-6-4-7-16(2)25(15)23-13-18-12-22(28-14-24(18)31-23)21-9-5-8-19-20-11-10-17(3)29-27(20)30-26(19)21/h4-14H,1-3H3. The molecule has 150 valence electrons. The third-order valence-electron chi connectivity index (χ3n) is 5.91. The van der Waals surface area contributed by atoms with Gasteiger partial charge in [-0.15, -0.1) is 11.3 Å². The number of benzene rings is 2. The van der Waals surface area contributed by atoms with E-state index >= 15 is 0 Å². The lowest BCUT2D eigenvalue weighted by atomic mass is 10.0. The molecule has 0 spiro atoms. The Morgan fingerprint density at radius 2 is 1.65 bits per heavy atom. The summed E-state index contributed by atoms with van der Waals surface area (Å²) in [5.41, 5.74) is 8.30. The molecule has 2 aromatic carbocycles. The van der Waals surface area contributed by atoms with E-state index in [1.165, 1.54) is 31.7 Å². The van der Waals surface area contributed by atoms with Gasteiger partial charge < -0.3 is 4.42 Å². The van der Waals surface area contributed by atoms with Crippen molar-refractivity contribution in [3.63, 3.8) is 0 Å². The van der Waals surface area contributed by atoms with E-state index in [9.17, 15) is 0 Å². The van der Waals surface area contributed by atoms with Gasteiger partial charge >= 0.3 is 0 Å². The van der Waals surface area contributed by atoms with E-state index in [1.54, 1.807) is 11.3 Å². The van der Waals surface area contributed by atoms with Gasteiger partial charge in [-0.25, -0.2) is 4.98 Å². The quantitative estimate of drug-likeness (QED) is 0.286. The van der Waals surface area contributed by atoms with Crippen LogP contribution in [0.4, 0.5) is 0 Å². The van der Waals surface area contributed by atoms with Gasteiger partial charge in [0.25, 0.3) is 0 Å². The van der Waals surface area contributed by atoms with Gasteiger partial charge in [-0.05, 0) is 73.2 Å². The van der Waals surface area contributed by atoms with Crippen LogP contribution in [0.5, 0.6) is 0 Å². The minimum Gasteiger partial charge on any atom is -0.437 e. The fourth-order valence-corrected chi connectivity index (χ4v) is 5.58. The van der Waals surface area contributed by atoms with Crippen LogP contribution >= 0.6 is 11.3 Å². The zero-order valence-electron chi connectivity index (χ0n) is 17.6. The highest BCUT2D eigenvalue weighted by Gasteiger charge is 2.15. The highest BCUT2D eigenvalue weighted by molar-refractivity contribution is 7.22. The molecule has 3 nitrogen and oxygen atoms in total. The molecule has 4 aromatic heterocycles. The number of aryl methyl sites for hydroxylation is 3. The molecule has 6 rings (SSSR count). The number of fused-ring (bicyclic) bond motifs is 4. The Morgan fingerprint density at radius 3 is 2.48 bits per heavy atom. The minimum atomic E-state index is 0.677. The van der Waals surface area contributed by atoms with Crippen LogP contribution in [0.2, 0.25) is 0 Å². The van der Waals surface area contributed by atoms with Crippen LogP contribution < -0.4 is 0 Å². The first kappa shape index (κ1) is 18.3. The van der Waals surface area contributed by atoms with Crippen LogP contribution in [0.25, 0.3) is 53.9 Å². The maximum absolute atomic E-state index is 6.19. The van der Waals surface area contributed by atoms with Gasteiger partial charge in [0.05, 0.1) is 10.4 Å². The number of aromatic nitrogens is 2. The summed E-state index contributed by atoms with van der Waals surface area (Å²) in [6.07, 6.45) is 1.98. The van der Waals surface area contributed by atoms with Gasteiger partial charge in [0.15, 0.2) is 0 Å². The number of thiophene rings is 1. The van der Waals surface area contributed by atoms with E-state index in [4.69, 9.17) is 9.40 Å². The molecule has 4 heteroatoms. The monoisotopic (exact) mass is 420 g/mol. The van der Waals surface area contributed by atoms with Gasteiger partial charge in [0, 0.05) is 33.1 Å². The van der Waals surface area contributed by atoms with E-state index < -0.39 is 0 Å². The molecule has 0 radical (unpaired) electrons. The maximum atomic E-state index is 6.19. The molecular weight excluding hydrogens is 400 g/mol. The van der Waals surface area contributed by atoms with Crippen molar-refractivity contribution in [2.75, 3.05) is 0 Å². The predicted octanol–water partition coefficient (Wildman–Crippen LogP) is 7.85. The van der Waals surface area contributed by atoms with Crippen molar-refractivity contribution in [2.24, 2.45) is 0 Å². The van der Waals surface area contributed by atoms with Crippen molar-refractivity contribution in [2.45, 2.75) is 20.8 Å². The Hall–Kier alpha value is -3.50. The molecule has 31 heavy (non-hydrogen) atoms. The van der Waals surface area contributed by atoms with Crippen molar-refractivity contribution in [3.8, 4) is 21.7 Å². The molecular formula is C27H20N2OS. The molecule has 0 unspecified atom stereocenters. The average Bonchev–Trinajstić information content (AvgIpc) is 3.33. The number of rotatable bonds is 2. The lowest BCUT2D eigenvalue weighted by molar-refractivity contribution is 0.653. The summed E-state index contributed by atoms with van der Waals surface area (Å²) in [5, 5.41) is 3.31. The van der Waals surface area contributed by atoms with Crippen LogP contribution in [0.3, 0.4) is 0 Å². The molecule has 0 aliphatic rings. The Labute approximate surface area is 184 Å². The Kier molecular flexibility index (Phi) is 3.99. The molecule has 0 N–H and O–H groups in total.